The third-order valence-corrected chi connectivity index (χ3v) is 4.32. The van der Waals surface area contributed by atoms with Gasteiger partial charge in [0.2, 0.25) is 0 Å². The number of hydrogen-bond donors (Lipinski definition) is 1. The number of nitrogens with one attached hydrogen (secondary N) is 1. The van der Waals surface area contributed by atoms with Crippen molar-refractivity contribution in [2.45, 2.75) is 19.8 Å². The first-order valence-electron chi connectivity index (χ1n) is 7.63. The van der Waals surface area contributed by atoms with Gasteiger partial charge in [-0.15, -0.1) is 12.4 Å². The summed E-state index contributed by atoms with van der Waals surface area (Å²) in [7, 11) is 0. The number of fused-ring (bicyclic) bond motifs is 2. The molecule has 2 aromatic rings. The number of ether oxygens (including phenoxy) is 1. The number of hydrogen-bond acceptors (Lipinski definition) is 3. The summed E-state index contributed by atoms with van der Waals surface area (Å²) in [5.74, 6) is 0.0610. The number of anilines is 1. The van der Waals surface area contributed by atoms with Gasteiger partial charge in [0.05, 0.1) is 13.2 Å². The zero-order valence-corrected chi connectivity index (χ0v) is 13.6. The molecule has 0 aliphatic carbocycles. The van der Waals surface area contributed by atoms with E-state index in [1.165, 1.54) is 5.56 Å². The number of para-hydroxylation sites is 1. The largest absolute Gasteiger partial charge is 0.372 e. The molecule has 0 bridgehead atoms. The van der Waals surface area contributed by atoms with E-state index in [0.29, 0.717) is 19.8 Å². The number of amides is 1. The molecular formula is C18H19ClN2O2. The van der Waals surface area contributed by atoms with E-state index in [0.717, 1.165) is 35.5 Å². The van der Waals surface area contributed by atoms with E-state index < -0.39 is 0 Å². The van der Waals surface area contributed by atoms with Crippen LogP contribution in [0.3, 0.4) is 0 Å². The summed E-state index contributed by atoms with van der Waals surface area (Å²) < 4.78 is 5.44. The van der Waals surface area contributed by atoms with Gasteiger partial charge in [0.25, 0.3) is 5.91 Å². The van der Waals surface area contributed by atoms with E-state index in [2.05, 4.69) is 11.4 Å². The average Bonchev–Trinajstić information content (AvgIpc) is 2.92. The summed E-state index contributed by atoms with van der Waals surface area (Å²) in [6.45, 7) is 3.55. The van der Waals surface area contributed by atoms with Crippen LogP contribution in [0.2, 0.25) is 0 Å². The minimum Gasteiger partial charge on any atom is -0.372 e. The van der Waals surface area contributed by atoms with Gasteiger partial charge in [-0.1, -0.05) is 24.3 Å². The summed E-state index contributed by atoms with van der Waals surface area (Å²) in [5, 5.41) is 3.37. The predicted molar refractivity (Wildman–Crippen MR) is 92.0 cm³/mol. The Morgan fingerprint density at radius 2 is 1.87 bits per heavy atom. The van der Waals surface area contributed by atoms with Crippen molar-refractivity contribution in [3.63, 3.8) is 0 Å². The van der Waals surface area contributed by atoms with E-state index in [-0.39, 0.29) is 18.3 Å². The number of nitrogens with zero attached hydrogens (tertiary/aromatic N) is 1. The van der Waals surface area contributed by atoms with E-state index in [1.807, 2.05) is 41.3 Å². The van der Waals surface area contributed by atoms with Crippen molar-refractivity contribution in [3.8, 4) is 0 Å². The lowest BCUT2D eigenvalue weighted by Crippen LogP contribution is -2.34. The third kappa shape index (κ3) is 2.98. The summed E-state index contributed by atoms with van der Waals surface area (Å²) >= 11 is 0. The predicted octanol–water partition coefficient (Wildman–Crippen LogP) is 2.89. The zero-order valence-electron chi connectivity index (χ0n) is 12.7. The Morgan fingerprint density at radius 3 is 2.78 bits per heavy atom. The van der Waals surface area contributed by atoms with E-state index in [4.69, 9.17) is 4.74 Å². The summed E-state index contributed by atoms with van der Waals surface area (Å²) in [5.41, 5.74) is 5.23. The fourth-order valence-electron chi connectivity index (χ4n) is 3.13. The Balaban J connectivity index is 0.00000156. The summed E-state index contributed by atoms with van der Waals surface area (Å²) in [6.07, 6.45) is 0. The molecule has 4 rings (SSSR count). The van der Waals surface area contributed by atoms with Crippen LogP contribution in [0.1, 0.15) is 27.0 Å². The SMILES string of the molecule is Cl.O=C(c1ccc2c(c1)COC2)N1CCNCc2ccccc21. The van der Waals surface area contributed by atoms with Crippen molar-refractivity contribution in [2.75, 3.05) is 18.0 Å². The lowest BCUT2D eigenvalue weighted by Gasteiger charge is -2.22. The highest BCUT2D eigenvalue weighted by Gasteiger charge is 2.23. The molecule has 0 fully saturated rings. The smallest absolute Gasteiger partial charge is 0.258 e. The van der Waals surface area contributed by atoms with Crippen molar-refractivity contribution in [3.05, 3.63) is 64.7 Å². The van der Waals surface area contributed by atoms with Crippen molar-refractivity contribution in [2.24, 2.45) is 0 Å². The van der Waals surface area contributed by atoms with Gasteiger partial charge in [-0.2, -0.15) is 0 Å². The second kappa shape index (κ2) is 6.71. The lowest BCUT2D eigenvalue weighted by atomic mass is 10.0. The van der Waals surface area contributed by atoms with Crippen LogP contribution in [0.15, 0.2) is 42.5 Å². The Bertz CT molecular complexity index is 733. The van der Waals surface area contributed by atoms with Crippen LogP contribution in [-0.4, -0.2) is 19.0 Å². The van der Waals surface area contributed by atoms with Gasteiger partial charge < -0.3 is 15.0 Å². The molecular weight excluding hydrogens is 312 g/mol. The first-order valence-corrected chi connectivity index (χ1v) is 7.63. The van der Waals surface area contributed by atoms with Crippen LogP contribution in [0.25, 0.3) is 0 Å². The molecule has 0 saturated carbocycles. The van der Waals surface area contributed by atoms with Gasteiger partial charge in [0.15, 0.2) is 0 Å². The van der Waals surface area contributed by atoms with Crippen molar-refractivity contribution < 1.29 is 9.53 Å². The molecule has 2 aromatic carbocycles. The van der Waals surface area contributed by atoms with Gasteiger partial charge in [0.1, 0.15) is 0 Å². The fourth-order valence-corrected chi connectivity index (χ4v) is 3.13. The van der Waals surface area contributed by atoms with Gasteiger partial charge in [-0.25, -0.2) is 0 Å². The quantitative estimate of drug-likeness (QED) is 0.874. The molecule has 0 unspecified atom stereocenters. The standard InChI is InChI=1S/C18H18N2O2.ClH/c21-18(13-5-6-15-11-22-12-16(15)9-13)20-8-7-19-10-14-3-1-2-4-17(14)20;/h1-6,9,19H,7-8,10-12H2;1H. The highest BCUT2D eigenvalue weighted by Crippen LogP contribution is 2.26. The highest BCUT2D eigenvalue weighted by atomic mass is 35.5. The molecule has 2 aliphatic rings. The molecule has 2 heterocycles. The molecule has 0 radical (unpaired) electrons. The van der Waals surface area contributed by atoms with Crippen molar-refractivity contribution in [1.82, 2.24) is 5.32 Å². The molecule has 0 spiro atoms. The Kier molecular flexibility index (Phi) is 4.66. The molecule has 23 heavy (non-hydrogen) atoms. The normalized spacial score (nSPS) is 16.1. The maximum atomic E-state index is 13.0. The molecule has 120 valence electrons. The highest BCUT2D eigenvalue weighted by molar-refractivity contribution is 6.06. The number of rotatable bonds is 1. The van der Waals surface area contributed by atoms with Crippen LogP contribution in [0, 0.1) is 0 Å². The van der Waals surface area contributed by atoms with E-state index in [9.17, 15) is 4.79 Å². The summed E-state index contributed by atoms with van der Waals surface area (Å²) in [4.78, 5) is 14.9. The number of carbonyl (C=O) groups excluding carboxylic acids is 1. The number of benzene rings is 2. The molecule has 4 nitrogen and oxygen atoms in total. The number of halogens is 1. The summed E-state index contributed by atoms with van der Waals surface area (Å²) in [6, 6.07) is 14.0. The molecule has 0 saturated heterocycles. The topological polar surface area (TPSA) is 41.6 Å². The third-order valence-electron chi connectivity index (χ3n) is 4.32. The van der Waals surface area contributed by atoms with E-state index in [1.54, 1.807) is 0 Å². The molecule has 0 atom stereocenters. The van der Waals surface area contributed by atoms with Crippen LogP contribution in [-0.2, 0) is 24.5 Å². The maximum Gasteiger partial charge on any atom is 0.258 e. The second-order valence-corrected chi connectivity index (χ2v) is 5.74. The lowest BCUT2D eigenvalue weighted by molar-refractivity contribution is 0.0987. The van der Waals surface area contributed by atoms with Gasteiger partial charge in [0, 0.05) is 30.9 Å². The minimum atomic E-state index is 0. The van der Waals surface area contributed by atoms with Gasteiger partial charge >= 0.3 is 0 Å². The van der Waals surface area contributed by atoms with Crippen LogP contribution < -0.4 is 10.2 Å². The fraction of sp³-hybridized carbons (Fsp3) is 0.278. The number of carbonyl (C=O) groups is 1. The maximum absolute atomic E-state index is 13.0. The first-order chi connectivity index (χ1) is 10.8. The van der Waals surface area contributed by atoms with Gasteiger partial charge in [-0.05, 0) is 34.9 Å². The van der Waals surface area contributed by atoms with Gasteiger partial charge in [-0.3, -0.25) is 4.79 Å². The van der Waals surface area contributed by atoms with Crippen LogP contribution in [0.4, 0.5) is 5.69 Å². The van der Waals surface area contributed by atoms with Crippen LogP contribution >= 0.6 is 12.4 Å². The molecule has 1 amide bonds. The first kappa shape index (κ1) is 16.0. The Morgan fingerprint density at radius 1 is 1.04 bits per heavy atom. The average molecular weight is 331 g/mol. The second-order valence-electron chi connectivity index (χ2n) is 5.74. The van der Waals surface area contributed by atoms with E-state index >= 15 is 0 Å². The molecule has 0 aromatic heterocycles. The van der Waals surface area contributed by atoms with Crippen LogP contribution in [0.5, 0.6) is 0 Å². The molecule has 5 heteroatoms. The Hall–Kier alpha value is -1.88. The monoisotopic (exact) mass is 330 g/mol. The van der Waals surface area contributed by atoms with Crippen molar-refractivity contribution >= 4 is 24.0 Å². The Labute approximate surface area is 141 Å². The minimum absolute atomic E-state index is 0. The molecule has 2 aliphatic heterocycles. The zero-order chi connectivity index (χ0) is 14.9. The molecule has 1 N–H and O–H groups in total. The van der Waals surface area contributed by atoms with Crippen molar-refractivity contribution in [1.29, 1.82) is 0 Å².